The number of halogens is 3. The predicted molar refractivity (Wildman–Crippen MR) is 80.0 cm³/mol. The van der Waals surface area contributed by atoms with Crippen LogP contribution in [0.1, 0.15) is 11.1 Å². The van der Waals surface area contributed by atoms with Crippen LogP contribution in [-0.4, -0.2) is 0 Å². The molecule has 0 amide bonds. The Morgan fingerprint density at radius 1 is 1.00 bits per heavy atom. The van der Waals surface area contributed by atoms with Crippen LogP contribution >= 0.6 is 34.8 Å². The zero-order valence-corrected chi connectivity index (χ0v) is 12.0. The molecule has 0 aromatic heterocycles. The van der Waals surface area contributed by atoms with E-state index in [1.807, 2.05) is 6.07 Å². The maximum absolute atomic E-state index is 8.91. The Labute approximate surface area is 126 Å². The van der Waals surface area contributed by atoms with Crippen molar-refractivity contribution in [3.63, 3.8) is 0 Å². The van der Waals surface area contributed by atoms with Crippen molar-refractivity contribution in [3.05, 3.63) is 62.6 Å². The zero-order chi connectivity index (χ0) is 13.8. The molecule has 0 saturated heterocycles. The molecule has 0 heterocycles. The van der Waals surface area contributed by atoms with Crippen molar-refractivity contribution in [2.24, 2.45) is 0 Å². The molecule has 96 valence electrons. The van der Waals surface area contributed by atoms with Crippen molar-refractivity contribution in [1.29, 1.82) is 5.26 Å². The van der Waals surface area contributed by atoms with Crippen LogP contribution in [0.15, 0.2) is 36.4 Å². The Balaban J connectivity index is 2.17. The first-order valence-electron chi connectivity index (χ1n) is 5.48. The second-order valence-corrected chi connectivity index (χ2v) is 5.08. The van der Waals surface area contributed by atoms with Gasteiger partial charge in [-0.25, -0.2) is 0 Å². The standard InChI is InChI=1S/C14H9Cl3N2/c15-12-5-4-10(6-9(12)7-18)19-8-11-13(16)2-1-3-14(11)17/h1-6,19H,8H2. The lowest BCUT2D eigenvalue weighted by Crippen LogP contribution is -2.01. The van der Waals surface area contributed by atoms with Crippen molar-refractivity contribution in [1.82, 2.24) is 0 Å². The molecule has 0 saturated carbocycles. The number of nitrogens with one attached hydrogen (secondary N) is 1. The van der Waals surface area contributed by atoms with Gasteiger partial charge in [0, 0.05) is 27.8 Å². The Morgan fingerprint density at radius 3 is 2.32 bits per heavy atom. The molecule has 0 bridgehead atoms. The fourth-order valence-electron chi connectivity index (χ4n) is 1.61. The van der Waals surface area contributed by atoms with E-state index in [1.165, 1.54) is 0 Å². The summed E-state index contributed by atoms with van der Waals surface area (Å²) in [5.74, 6) is 0. The molecule has 0 unspecified atom stereocenters. The largest absolute Gasteiger partial charge is 0.381 e. The van der Waals surface area contributed by atoms with E-state index in [9.17, 15) is 0 Å². The first kappa shape index (κ1) is 14.0. The molecule has 0 aliphatic carbocycles. The SMILES string of the molecule is N#Cc1cc(NCc2c(Cl)cccc2Cl)ccc1Cl. The van der Waals surface area contributed by atoms with E-state index in [0.717, 1.165) is 11.3 Å². The first-order chi connectivity index (χ1) is 9.11. The number of hydrogen-bond acceptors (Lipinski definition) is 2. The van der Waals surface area contributed by atoms with Gasteiger partial charge in [-0.1, -0.05) is 40.9 Å². The van der Waals surface area contributed by atoms with Crippen LogP contribution in [0.3, 0.4) is 0 Å². The maximum Gasteiger partial charge on any atom is 0.101 e. The van der Waals surface area contributed by atoms with Gasteiger partial charge < -0.3 is 5.32 Å². The van der Waals surface area contributed by atoms with E-state index in [2.05, 4.69) is 5.32 Å². The van der Waals surface area contributed by atoms with E-state index in [0.29, 0.717) is 27.2 Å². The third kappa shape index (κ3) is 3.33. The minimum absolute atomic E-state index is 0.428. The van der Waals surface area contributed by atoms with Gasteiger partial charge in [0.1, 0.15) is 6.07 Å². The normalized spacial score (nSPS) is 10.0. The molecule has 5 heteroatoms. The molecular formula is C14H9Cl3N2. The van der Waals surface area contributed by atoms with Gasteiger partial charge in [0.15, 0.2) is 0 Å². The lowest BCUT2D eigenvalue weighted by atomic mass is 10.2. The van der Waals surface area contributed by atoms with Gasteiger partial charge in [0.25, 0.3) is 0 Å². The minimum atomic E-state index is 0.428. The molecule has 2 rings (SSSR count). The van der Waals surface area contributed by atoms with E-state index in [-0.39, 0.29) is 0 Å². The number of hydrogen-bond donors (Lipinski definition) is 1. The summed E-state index contributed by atoms with van der Waals surface area (Å²) in [5, 5.41) is 13.7. The molecule has 0 aliphatic rings. The van der Waals surface area contributed by atoms with E-state index < -0.39 is 0 Å². The summed E-state index contributed by atoms with van der Waals surface area (Å²) >= 11 is 18.0. The third-order valence-corrected chi connectivity index (χ3v) is 3.66. The molecule has 0 radical (unpaired) electrons. The summed E-state index contributed by atoms with van der Waals surface area (Å²) in [5.41, 5.74) is 2.04. The second kappa shape index (κ2) is 6.16. The molecule has 2 aromatic carbocycles. The molecule has 19 heavy (non-hydrogen) atoms. The Morgan fingerprint density at radius 2 is 1.68 bits per heavy atom. The Hall–Kier alpha value is -1.40. The summed E-state index contributed by atoms with van der Waals surface area (Å²) in [7, 11) is 0. The molecule has 2 aromatic rings. The fourth-order valence-corrected chi connectivity index (χ4v) is 2.30. The van der Waals surface area contributed by atoms with Crippen molar-refractivity contribution < 1.29 is 0 Å². The molecule has 0 atom stereocenters. The first-order valence-corrected chi connectivity index (χ1v) is 6.61. The van der Waals surface area contributed by atoms with Crippen LogP contribution in [0.2, 0.25) is 15.1 Å². The number of benzene rings is 2. The molecule has 0 aliphatic heterocycles. The summed E-state index contributed by atoms with van der Waals surface area (Å²) in [6, 6.07) is 12.6. The van der Waals surface area contributed by atoms with Gasteiger partial charge in [-0.3, -0.25) is 0 Å². The van der Waals surface area contributed by atoms with Crippen LogP contribution in [0.25, 0.3) is 0 Å². The van der Waals surface area contributed by atoms with E-state index in [1.54, 1.807) is 36.4 Å². The Bertz CT molecular complexity index is 627. The highest BCUT2D eigenvalue weighted by Crippen LogP contribution is 2.26. The van der Waals surface area contributed by atoms with Crippen molar-refractivity contribution in [3.8, 4) is 6.07 Å². The van der Waals surface area contributed by atoms with Crippen LogP contribution < -0.4 is 5.32 Å². The lowest BCUT2D eigenvalue weighted by Gasteiger charge is -2.10. The zero-order valence-electron chi connectivity index (χ0n) is 9.75. The van der Waals surface area contributed by atoms with Crippen molar-refractivity contribution in [2.75, 3.05) is 5.32 Å². The summed E-state index contributed by atoms with van der Waals surface area (Å²) in [6.45, 7) is 0.477. The van der Waals surface area contributed by atoms with Gasteiger partial charge in [-0.15, -0.1) is 0 Å². The number of anilines is 1. The Kier molecular flexibility index (Phi) is 4.55. The van der Waals surface area contributed by atoms with Crippen LogP contribution in [-0.2, 0) is 6.54 Å². The lowest BCUT2D eigenvalue weighted by molar-refractivity contribution is 1.15. The molecule has 0 fully saturated rings. The monoisotopic (exact) mass is 310 g/mol. The highest BCUT2D eigenvalue weighted by molar-refractivity contribution is 6.36. The molecule has 0 spiro atoms. The summed E-state index contributed by atoms with van der Waals surface area (Å²) < 4.78 is 0. The highest BCUT2D eigenvalue weighted by atomic mass is 35.5. The maximum atomic E-state index is 8.91. The minimum Gasteiger partial charge on any atom is -0.381 e. The average molecular weight is 312 g/mol. The number of nitriles is 1. The van der Waals surface area contributed by atoms with Crippen LogP contribution in [0.5, 0.6) is 0 Å². The number of nitrogens with zero attached hydrogens (tertiary/aromatic N) is 1. The van der Waals surface area contributed by atoms with Crippen LogP contribution in [0, 0.1) is 11.3 Å². The van der Waals surface area contributed by atoms with E-state index in [4.69, 9.17) is 40.1 Å². The fraction of sp³-hybridized carbons (Fsp3) is 0.0714. The molecule has 1 N–H and O–H groups in total. The molecule has 2 nitrogen and oxygen atoms in total. The number of rotatable bonds is 3. The third-order valence-electron chi connectivity index (χ3n) is 2.62. The molecular weight excluding hydrogens is 303 g/mol. The van der Waals surface area contributed by atoms with Gasteiger partial charge in [0.05, 0.1) is 10.6 Å². The highest BCUT2D eigenvalue weighted by Gasteiger charge is 2.06. The van der Waals surface area contributed by atoms with Gasteiger partial charge >= 0.3 is 0 Å². The predicted octanol–water partition coefficient (Wildman–Crippen LogP) is 5.13. The van der Waals surface area contributed by atoms with Crippen molar-refractivity contribution >= 4 is 40.5 Å². The van der Waals surface area contributed by atoms with Crippen LogP contribution in [0.4, 0.5) is 5.69 Å². The topological polar surface area (TPSA) is 35.8 Å². The second-order valence-electron chi connectivity index (χ2n) is 3.86. The average Bonchev–Trinajstić information content (AvgIpc) is 2.40. The smallest absolute Gasteiger partial charge is 0.101 e. The van der Waals surface area contributed by atoms with Gasteiger partial charge in [-0.2, -0.15) is 5.26 Å². The van der Waals surface area contributed by atoms with Gasteiger partial charge in [0.2, 0.25) is 0 Å². The summed E-state index contributed by atoms with van der Waals surface area (Å²) in [4.78, 5) is 0. The van der Waals surface area contributed by atoms with Gasteiger partial charge in [-0.05, 0) is 30.3 Å². The quantitative estimate of drug-likeness (QED) is 0.853. The van der Waals surface area contributed by atoms with Crippen molar-refractivity contribution in [2.45, 2.75) is 6.54 Å². The summed E-state index contributed by atoms with van der Waals surface area (Å²) in [6.07, 6.45) is 0. The van der Waals surface area contributed by atoms with E-state index >= 15 is 0 Å².